The van der Waals surface area contributed by atoms with E-state index >= 15 is 0 Å². The first kappa shape index (κ1) is 18.3. The van der Waals surface area contributed by atoms with Gasteiger partial charge in [-0.3, -0.25) is 9.18 Å². The van der Waals surface area contributed by atoms with Crippen molar-refractivity contribution in [3.8, 4) is 5.75 Å². The van der Waals surface area contributed by atoms with Crippen LogP contribution in [0.25, 0.3) is 0 Å². The zero-order chi connectivity index (χ0) is 18.2. The maximum absolute atomic E-state index is 12.3. The molecule has 3 aromatic rings. The molecule has 3 rings (SSSR count). The van der Waals surface area contributed by atoms with Crippen LogP contribution in [-0.4, -0.2) is 12.6 Å². The Kier molecular flexibility index (Phi) is 6.51. The Morgan fingerprint density at radius 2 is 1.35 bits per heavy atom. The molecule has 0 spiro atoms. The zero-order valence-electron chi connectivity index (χ0n) is 14.3. The molecule has 3 aromatic carbocycles. The molecule has 0 saturated carbocycles. The van der Waals surface area contributed by atoms with Gasteiger partial charge in [0.15, 0.2) is 0 Å². The number of hydrogen-bond donors (Lipinski definition) is 0. The number of para-hydroxylation sites is 1. The summed E-state index contributed by atoms with van der Waals surface area (Å²) in [5.74, 6) is 0.154. The smallest absolute Gasteiger partial charge is 0.311 e. The van der Waals surface area contributed by atoms with Crippen LogP contribution in [0.15, 0.2) is 84.9 Å². The molecule has 0 atom stereocenters. The lowest BCUT2D eigenvalue weighted by Gasteiger charge is -2.21. The lowest BCUT2D eigenvalue weighted by Crippen LogP contribution is -2.23. The van der Waals surface area contributed by atoms with Gasteiger partial charge >= 0.3 is 5.97 Å². The maximum Gasteiger partial charge on any atom is 0.311 e. The third-order valence-electron chi connectivity index (χ3n) is 3.87. The summed E-state index contributed by atoms with van der Waals surface area (Å²) in [5, 5.41) is 3.34. The summed E-state index contributed by atoms with van der Waals surface area (Å²) in [6.45, 7) is -0.516. The van der Waals surface area contributed by atoms with Crippen molar-refractivity contribution in [3.05, 3.63) is 84.9 Å². The van der Waals surface area contributed by atoms with E-state index in [4.69, 9.17) is 4.74 Å². The van der Waals surface area contributed by atoms with Gasteiger partial charge in [0, 0.05) is 11.7 Å². The molecule has 0 aliphatic carbocycles. The fourth-order valence-electron chi connectivity index (χ4n) is 2.69. The van der Waals surface area contributed by atoms with Gasteiger partial charge in [-0.25, -0.2) is 0 Å². The van der Waals surface area contributed by atoms with E-state index in [-0.39, 0.29) is 12.8 Å². The van der Waals surface area contributed by atoms with Crippen molar-refractivity contribution in [1.29, 1.82) is 0 Å². The van der Waals surface area contributed by atoms with Crippen LogP contribution in [0.2, 0.25) is 0 Å². The average Bonchev–Trinajstić information content (AvgIpc) is 2.69. The molecule has 0 unspecified atom stereocenters. The van der Waals surface area contributed by atoms with Crippen molar-refractivity contribution in [3.63, 3.8) is 0 Å². The highest BCUT2D eigenvalue weighted by atomic mass is 31.1. The molecular formula is C22H20FO2P. The second-order valence-corrected chi connectivity index (χ2v) is 7.93. The molecule has 26 heavy (non-hydrogen) atoms. The lowest BCUT2D eigenvalue weighted by molar-refractivity contribution is -0.134. The number of hydrogen-bond acceptors (Lipinski definition) is 2. The summed E-state index contributed by atoms with van der Waals surface area (Å²) in [5.41, 5.74) is 0. The Morgan fingerprint density at radius 1 is 0.808 bits per heavy atom. The predicted molar refractivity (Wildman–Crippen MR) is 106 cm³/mol. The first-order valence-electron chi connectivity index (χ1n) is 8.55. The molecule has 0 amide bonds. The van der Waals surface area contributed by atoms with Gasteiger partial charge in [0.25, 0.3) is 0 Å². The highest BCUT2D eigenvalue weighted by molar-refractivity contribution is 7.80. The number of carbonyl (C=O) groups is 1. The Balaban J connectivity index is 2.01. The monoisotopic (exact) mass is 366 g/mol. The first-order valence-corrected chi connectivity index (χ1v) is 9.89. The summed E-state index contributed by atoms with van der Waals surface area (Å²) < 4.78 is 17.9. The van der Waals surface area contributed by atoms with Gasteiger partial charge in [0.05, 0.1) is 6.67 Å². The first-order chi connectivity index (χ1) is 12.8. The van der Waals surface area contributed by atoms with Crippen LogP contribution < -0.4 is 20.7 Å². The van der Waals surface area contributed by atoms with Gasteiger partial charge in [-0.05, 0) is 31.0 Å². The van der Waals surface area contributed by atoms with E-state index in [1.165, 1.54) is 10.6 Å². The number of carbonyl (C=O) groups excluding carboxylic acids is 1. The summed E-state index contributed by atoms with van der Waals surface area (Å²) in [4.78, 5) is 12.0. The van der Waals surface area contributed by atoms with Crippen LogP contribution in [0.3, 0.4) is 0 Å². The third-order valence-corrected chi connectivity index (χ3v) is 6.35. The minimum Gasteiger partial charge on any atom is -0.426 e. The largest absolute Gasteiger partial charge is 0.426 e. The van der Waals surface area contributed by atoms with E-state index in [0.717, 1.165) is 5.30 Å². The Labute approximate surface area is 154 Å². The molecule has 0 fully saturated rings. The molecule has 0 N–H and O–H groups in total. The van der Waals surface area contributed by atoms with Crippen LogP contribution in [0.1, 0.15) is 12.8 Å². The van der Waals surface area contributed by atoms with Crippen molar-refractivity contribution >= 4 is 29.8 Å². The van der Waals surface area contributed by atoms with E-state index in [1.54, 1.807) is 0 Å². The van der Waals surface area contributed by atoms with Crippen molar-refractivity contribution in [2.75, 3.05) is 6.67 Å². The fraction of sp³-hybridized carbons (Fsp3) is 0.136. The van der Waals surface area contributed by atoms with Gasteiger partial charge in [0.1, 0.15) is 5.75 Å². The number of rotatable bonds is 7. The maximum atomic E-state index is 12.3. The highest BCUT2D eigenvalue weighted by Crippen LogP contribution is 2.36. The van der Waals surface area contributed by atoms with Crippen molar-refractivity contribution < 1.29 is 13.9 Å². The molecule has 2 nitrogen and oxygen atoms in total. The molecular weight excluding hydrogens is 346 g/mol. The lowest BCUT2D eigenvalue weighted by atomic mass is 10.3. The van der Waals surface area contributed by atoms with Crippen LogP contribution in [-0.2, 0) is 4.79 Å². The summed E-state index contributed by atoms with van der Waals surface area (Å²) in [6, 6.07) is 28.1. The minimum absolute atomic E-state index is 0.0828. The topological polar surface area (TPSA) is 26.3 Å². The van der Waals surface area contributed by atoms with E-state index in [9.17, 15) is 9.18 Å². The molecule has 0 aliphatic heterocycles. The SMILES string of the molecule is O=C(CCCF)Oc1ccccc1P(c1ccccc1)c1ccccc1. The van der Waals surface area contributed by atoms with E-state index in [2.05, 4.69) is 24.3 Å². The van der Waals surface area contributed by atoms with Gasteiger partial charge < -0.3 is 4.74 Å². The normalized spacial score (nSPS) is 10.7. The summed E-state index contributed by atoms with van der Waals surface area (Å²) in [6.07, 6.45) is 0.270. The molecule has 4 heteroatoms. The number of esters is 1. The van der Waals surface area contributed by atoms with E-state index < -0.39 is 20.6 Å². The van der Waals surface area contributed by atoms with Crippen LogP contribution in [0.5, 0.6) is 5.75 Å². The van der Waals surface area contributed by atoms with Gasteiger partial charge in [-0.2, -0.15) is 0 Å². The minimum atomic E-state index is -0.862. The fourth-order valence-corrected chi connectivity index (χ4v) is 5.07. The average molecular weight is 366 g/mol. The summed E-state index contributed by atoms with van der Waals surface area (Å²) >= 11 is 0. The zero-order valence-corrected chi connectivity index (χ0v) is 15.2. The predicted octanol–water partition coefficient (Wildman–Crippen LogP) is 4.10. The molecule has 0 aliphatic rings. The molecule has 0 bridgehead atoms. The van der Waals surface area contributed by atoms with E-state index in [0.29, 0.717) is 5.75 Å². The number of halogens is 1. The third kappa shape index (κ3) is 4.56. The quantitative estimate of drug-likeness (QED) is 0.358. The second-order valence-electron chi connectivity index (χ2n) is 5.74. The molecule has 0 radical (unpaired) electrons. The molecule has 0 heterocycles. The van der Waals surface area contributed by atoms with Crippen molar-refractivity contribution in [1.82, 2.24) is 0 Å². The highest BCUT2D eigenvalue weighted by Gasteiger charge is 2.21. The number of ether oxygens (including phenoxy) is 1. The van der Waals surface area contributed by atoms with Gasteiger partial charge in [-0.1, -0.05) is 78.9 Å². The summed E-state index contributed by atoms with van der Waals surface area (Å²) in [7, 11) is -0.862. The van der Waals surface area contributed by atoms with Crippen molar-refractivity contribution in [2.45, 2.75) is 12.8 Å². The molecule has 0 aromatic heterocycles. The van der Waals surface area contributed by atoms with Gasteiger partial charge in [0.2, 0.25) is 0 Å². The number of alkyl halides is 1. The Hall–Kier alpha value is -2.51. The van der Waals surface area contributed by atoms with Gasteiger partial charge in [-0.15, -0.1) is 0 Å². The van der Waals surface area contributed by atoms with Crippen LogP contribution in [0.4, 0.5) is 4.39 Å². The molecule has 0 saturated heterocycles. The van der Waals surface area contributed by atoms with E-state index in [1.807, 2.05) is 60.7 Å². The molecule has 132 valence electrons. The Morgan fingerprint density at radius 3 is 1.92 bits per heavy atom. The standard InChI is InChI=1S/C22H20FO2P/c23-17-9-16-22(24)25-20-14-7-8-15-21(20)26(18-10-3-1-4-11-18)19-12-5-2-6-13-19/h1-8,10-15H,9,16-17H2. The van der Waals surface area contributed by atoms with Crippen LogP contribution >= 0.6 is 7.92 Å². The van der Waals surface area contributed by atoms with Crippen molar-refractivity contribution in [2.24, 2.45) is 0 Å². The van der Waals surface area contributed by atoms with Crippen LogP contribution in [0, 0.1) is 0 Å². The second kappa shape index (κ2) is 9.26. The number of benzene rings is 3. The Bertz CT molecular complexity index is 798.